The summed E-state index contributed by atoms with van der Waals surface area (Å²) >= 11 is 3.96. The largest absolute Gasteiger partial charge is 0.506 e. The maximum atomic E-state index is 14.3. The number of benzene rings is 1. The van der Waals surface area contributed by atoms with Gasteiger partial charge in [-0.2, -0.15) is 0 Å². The van der Waals surface area contributed by atoms with Gasteiger partial charge in [0.15, 0.2) is 0 Å². The standard InChI is InChI=1S/C13H16F2I2N2O2.ClH/c14-13(15,7-20)12(19-3-1-18-2-4-19)9-5-8(16)6-10(17)11(9)21;/h5-6,12,18,20-21H,1-4,7H2;1H/t12-;/m1./s1. The van der Waals surface area contributed by atoms with Gasteiger partial charge in [-0.25, -0.2) is 8.78 Å². The molecule has 3 N–H and O–H groups in total. The van der Waals surface area contributed by atoms with Gasteiger partial charge < -0.3 is 15.5 Å². The number of nitrogens with zero attached hydrogens (tertiary/aromatic N) is 1. The maximum absolute atomic E-state index is 14.3. The molecule has 4 nitrogen and oxygen atoms in total. The first-order valence-corrected chi connectivity index (χ1v) is 8.64. The average molecular weight is 561 g/mol. The van der Waals surface area contributed by atoms with Crippen LogP contribution in [0.15, 0.2) is 12.1 Å². The number of aromatic hydroxyl groups is 1. The summed E-state index contributed by atoms with van der Waals surface area (Å²) in [5, 5.41) is 22.4. The van der Waals surface area contributed by atoms with Gasteiger partial charge in [-0.15, -0.1) is 12.4 Å². The van der Waals surface area contributed by atoms with Crippen LogP contribution in [-0.2, 0) is 0 Å². The topological polar surface area (TPSA) is 55.7 Å². The highest BCUT2D eigenvalue weighted by Crippen LogP contribution is 2.42. The van der Waals surface area contributed by atoms with Gasteiger partial charge in [0, 0.05) is 35.3 Å². The Morgan fingerprint density at radius 1 is 1.27 bits per heavy atom. The summed E-state index contributed by atoms with van der Waals surface area (Å²) in [7, 11) is 0. The molecule has 0 radical (unpaired) electrons. The molecule has 0 saturated carbocycles. The molecule has 0 aliphatic carbocycles. The van der Waals surface area contributed by atoms with Crippen molar-refractivity contribution in [3.63, 3.8) is 0 Å². The quantitative estimate of drug-likeness (QED) is 0.496. The number of alkyl halides is 2. The molecular formula is C13H17ClF2I2N2O2. The summed E-state index contributed by atoms with van der Waals surface area (Å²) in [6.07, 6.45) is 0. The molecule has 0 bridgehead atoms. The zero-order chi connectivity index (χ0) is 15.6. The molecule has 1 aliphatic heterocycles. The SMILES string of the molecule is Cl.OCC(F)(F)[C@@H](c1cc(I)cc(I)c1O)N1CCNCC1. The second-order valence-electron chi connectivity index (χ2n) is 4.93. The summed E-state index contributed by atoms with van der Waals surface area (Å²) in [6.45, 7) is 0.867. The van der Waals surface area contributed by atoms with Crippen molar-refractivity contribution in [3.05, 3.63) is 24.8 Å². The monoisotopic (exact) mass is 560 g/mol. The Labute approximate surface area is 161 Å². The second-order valence-corrected chi connectivity index (χ2v) is 7.34. The molecule has 22 heavy (non-hydrogen) atoms. The van der Waals surface area contributed by atoms with Crippen LogP contribution in [0.3, 0.4) is 0 Å². The third kappa shape index (κ3) is 4.53. The lowest BCUT2D eigenvalue weighted by molar-refractivity contribution is -0.119. The van der Waals surface area contributed by atoms with Crippen molar-refractivity contribution in [2.24, 2.45) is 0 Å². The van der Waals surface area contributed by atoms with Gasteiger partial charge in [-0.3, -0.25) is 4.90 Å². The van der Waals surface area contributed by atoms with Crippen molar-refractivity contribution in [2.45, 2.75) is 12.0 Å². The van der Waals surface area contributed by atoms with Gasteiger partial charge >= 0.3 is 0 Å². The van der Waals surface area contributed by atoms with E-state index in [2.05, 4.69) is 5.32 Å². The Bertz CT molecular complexity index is 517. The second kappa shape index (κ2) is 8.56. The minimum Gasteiger partial charge on any atom is -0.506 e. The third-order valence-electron chi connectivity index (χ3n) is 3.48. The van der Waals surface area contributed by atoms with Gasteiger partial charge in [0.2, 0.25) is 0 Å². The zero-order valence-electron chi connectivity index (χ0n) is 11.5. The van der Waals surface area contributed by atoms with E-state index in [1.54, 1.807) is 17.0 Å². The number of hydrogen-bond donors (Lipinski definition) is 3. The highest BCUT2D eigenvalue weighted by molar-refractivity contribution is 14.1. The molecule has 1 saturated heterocycles. The van der Waals surface area contributed by atoms with Crippen LogP contribution in [0.4, 0.5) is 8.78 Å². The van der Waals surface area contributed by atoms with E-state index in [0.29, 0.717) is 29.7 Å². The maximum Gasteiger partial charge on any atom is 0.290 e. The van der Waals surface area contributed by atoms with E-state index in [4.69, 9.17) is 5.11 Å². The predicted octanol–water partition coefficient (Wildman–Crippen LogP) is 2.60. The summed E-state index contributed by atoms with van der Waals surface area (Å²) in [5.74, 6) is -3.45. The Morgan fingerprint density at radius 2 is 1.86 bits per heavy atom. The Kier molecular flexibility index (Phi) is 8.00. The van der Waals surface area contributed by atoms with Crippen LogP contribution < -0.4 is 5.32 Å². The number of nitrogens with one attached hydrogen (secondary N) is 1. The molecule has 126 valence electrons. The number of aliphatic hydroxyl groups excluding tert-OH is 1. The van der Waals surface area contributed by atoms with E-state index in [1.165, 1.54) is 0 Å². The molecule has 1 aliphatic rings. The lowest BCUT2D eigenvalue weighted by atomic mass is 9.97. The van der Waals surface area contributed by atoms with E-state index >= 15 is 0 Å². The first-order chi connectivity index (χ1) is 9.86. The Balaban J connectivity index is 0.00000242. The van der Waals surface area contributed by atoms with Crippen LogP contribution in [0.1, 0.15) is 11.6 Å². The third-order valence-corrected chi connectivity index (χ3v) is 4.92. The molecule has 0 aromatic heterocycles. The fourth-order valence-electron chi connectivity index (χ4n) is 2.51. The molecule has 2 rings (SSSR count). The minimum absolute atomic E-state index is 0. The summed E-state index contributed by atoms with van der Waals surface area (Å²) in [6, 6.07) is 1.97. The highest BCUT2D eigenvalue weighted by atomic mass is 127. The van der Waals surface area contributed by atoms with Gasteiger partial charge in [0.25, 0.3) is 5.92 Å². The Morgan fingerprint density at radius 3 is 2.41 bits per heavy atom. The summed E-state index contributed by atoms with van der Waals surface area (Å²) < 4.78 is 29.9. The lowest BCUT2D eigenvalue weighted by Crippen LogP contribution is -2.51. The Hall–Kier alpha value is 0.510. The van der Waals surface area contributed by atoms with Crippen molar-refractivity contribution in [1.82, 2.24) is 10.2 Å². The molecule has 0 amide bonds. The van der Waals surface area contributed by atoms with Gasteiger partial charge in [0.05, 0.1) is 3.57 Å². The number of rotatable bonds is 4. The van der Waals surface area contributed by atoms with Crippen molar-refractivity contribution < 1.29 is 19.0 Å². The van der Waals surface area contributed by atoms with Crippen LogP contribution >= 0.6 is 57.6 Å². The molecular weight excluding hydrogens is 543 g/mol. The van der Waals surface area contributed by atoms with Crippen molar-refractivity contribution in [1.29, 1.82) is 0 Å². The number of piperazine rings is 1. The molecule has 1 aromatic rings. The fraction of sp³-hybridized carbons (Fsp3) is 0.538. The van der Waals surface area contributed by atoms with Crippen LogP contribution in [-0.4, -0.2) is 53.8 Å². The average Bonchev–Trinajstić information content (AvgIpc) is 2.45. The van der Waals surface area contributed by atoms with Gasteiger partial charge in [-0.1, -0.05) is 0 Å². The molecule has 1 atom stereocenters. The number of aliphatic hydroxyl groups is 1. The summed E-state index contributed by atoms with van der Waals surface area (Å²) in [4.78, 5) is 1.62. The van der Waals surface area contributed by atoms with Crippen LogP contribution in [0.5, 0.6) is 5.75 Å². The van der Waals surface area contributed by atoms with Gasteiger partial charge in [-0.05, 0) is 57.3 Å². The first kappa shape index (κ1) is 20.6. The lowest BCUT2D eigenvalue weighted by Gasteiger charge is -2.39. The molecule has 1 fully saturated rings. The van der Waals surface area contributed by atoms with Crippen molar-refractivity contribution in [2.75, 3.05) is 32.8 Å². The van der Waals surface area contributed by atoms with Crippen molar-refractivity contribution >= 4 is 57.6 Å². The normalized spacial score (nSPS) is 17.9. The summed E-state index contributed by atoms with van der Waals surface area (Å²) in [5.41, 5.74) is 0.173. The number of phenols is 1. The molecule has 1 aromatic carbocycles. The van der Waals surface area contributed by atoms with Crippen molar-refractivity contribution in [3.8, 4) is 5.75 Å². The predicted molar refractivity (Wildman–Crippen MR) is 100 cm³/mol. The molecule has 1 heterocycles. The molecule has 0 unspecified atom stereocenters. The van der Waals surface area contributed by atoms with E-state index in [0.717, 1.165) is 3.57 Å². The smallest absolute Gasteiger partial charge is 0.290 e. The number of halogens is 5. The molecule has 9 heteroatoms. The van der Waals surface area contributed by atoms with E-state index in [1.807, 2.05) is 45.2 Å². The van der Waals surface area contributed by atoms with E-state index < -0.39 is 18.6 Å². The van der Waals surface area contributed by atoms with Gasteiger partial charge in [0.1, 0.15) is 18.4 Å². The molecule has 0 spiro atoms. The zero-order valence-corrected chi connectivity index (χ0v) is 16.7. The van der Waals surface area contributed by atoms with Crippen LogP contribution in [0, 0.1) is 7.14 Å². The first-order valence-electron chi connectivity index (χ1n) is 6.48. The number of phenolic OH excluding ortho intramolecular Hbond substituents is 1. The minimum atomic E-state index is -3.32. The fourth-order valence-corrected chi connectivity index (χ4v) is 4.40. The highest BCUT2D eigenvalue weighted by Gasteiger charge is 2.45. The van der Waals surface area contributed by atoms with E-state index in [-0.39, 0.29) is 23.7 Å². The van der Waals surface area contributed by atoms with E-state index in [9.17, 15) is 13.9 Å². The van der Waals surface area contributed by atoms with Crippen LogP contribution in [0.2, 0.25) is 0 Å². The van der Waals surface area contributed by atoms with Crippen LogP contribution in [0.25, 0.3) is 0 Å². The number of hydrogen-bond acceptors (Lipinski definition) is 4.